The molecule has 4 nitrogen and oxygen atoms in total. The average molecular weight is 351 g/mol. The highest BCUT2D eigenvalue weighted by Crippen LogP contribution is 2.29. The van der Waals surface area contributed by atoms with E-state index in [1.807, 2.05) is 11.4 Å². The number of nitrogens with zero attached hydrogens (tertiary/aromatic N) is 2. The molecule has 0 aromatic carbocycles. The molecular formula is C11H13BrClN3OS. The Morgan fingerprint density at radius 2 is 2.39 bits per heavy atom. The van der Waals surface area contributed by atoms with Gasteiger partial charge in [-0.05, 0) is 41.4 Å². The Kier molecular flexibility index (Phi) is 4.77. The lowest BCUT2D eigenvalue weighted by Gasteiger charge is -2.18. The smallest absolute Gasteiger partial charge is 0.231 e. The average Bonchev–Trinajstić information content (AvgIpc) is 2.98. The molecule has 0 spiro atoms. The summed E-state index contributed by atoms with van der Waals surface area (Å²) in [5.41, 5.74) is 0. The minimum absolute atomic E-state index is 0. The number of piperidine rings is 1. The lowest BCUT2D eigenvalue weighted by molar-refractivity contribution is 0.322. The van der Waals surface area contributed by atoms with Gasteiger partial charge in [0.15, 0.2) is 0 Å². The maximum Gasteiger partial charge on any atom is 0.231 e. The maximum atomic E-state index is 5.36. The third kappa shape index (κ3) is 2.93. The fourth-order valence-corrected chi connectivity index (χ4v) is 3.35. The SMILES string of the molecule is Brc1csc(-c2noc(C3CCCNC3)n2)c1.Cl. The molecule has 98 valence electrons. The zero-order valence-corrected chi connectivity index (χ0v) is 12.8. The van der Waals surface area contributed by atoms with Crippen LogP contribution in [-0.4, -0.2) is 23.2 Å². The standard InChI is InChI=1S/C11H12BrN3OS.ClH/c12-8-4-9(17-6-8)10-14-11(16-15-10)7-2-1-3-13-5-7;/h4,6-7,13H,1-3,5H2;1H. The molecule has 1 N–H and O–H groups in total. The van der Waals surface area contributed by atoms with Crippen molar-refractivity contribution < 1.29 is 4.52 Å². The third-order valence-electron chi connectivity index (χ3n) is 2.88. The van der Waals surface area contributed by atoms with Gasteiger partial charge in [0.05, 0.1) is 10.8 Å². The molecule has 1 atom stereocenters. The molecule has 0 bridgehead atoms. The van der Waals surface area contributed by atoms with E-state index >= 15 is 0 Å². The predicted octanol–water partition coefficient (Wildman–Crippen LogP) is 3.45. The van der Waals surface area contributed by atoms with E-state index in [4.69, 9.17) is 4.52 Å². The van der Waals surface area contributed by atoms with E-state index in [1.54, 1.807) is 11.3 Å². The summed E-state index contributed by atoms with van der Waals surface area (Å²) in [5.74, 6) is 1.83. The lowest BCUT2D eigenvalue weighted by Crippen LogP contribution is -2.28. The number of halogens is 2. The van der Waals surface area contributed by atoms with Crippen LogP contribution in [0.2, 0.25) is 0 Å². The number of aromatic nitrogens is 2. The normalized spacial score (nSPS) is 19.5. The molecule has 2 aromatic heterocycles. The van der Waals surface area contributed by atoms with Crippen molar-refractivity contribution in [3.8, 4) is 10.7 Å². The van der Waals surface area contributed by atoms with Crippen LogP contribution < -0.4 is 5.32 Å². The molecule has 1 aliphatic rings. The van der Waals surface area contributed by atoms with Crippen molar-refractivity contribution in [2.45, 2.75) is 18.8 Å². The molecule has 0 amide bonds. The maximum absolute atomic E-state index is 5.36. The fraction of sp³-hybridized carbons (Fsp3) is 0.455. The molecule has 3 rings (SSSR count). The summed E-state index contributed by atoms with van der Waals surface area (Å²) in [7, 11) is 0. The van der Waals surface area contributed by atoms with Crippen LogP contribution in [0.15, 0.2) is 20.4 Å². The van der Waals surface area contributed by atoms with Crippen molar-refractivity contribution in [1.29, 1.82) is 0 Å². The van der Waals surface area contributed by atoms with Crippen molar-refractivity contribution in [1.82, 2.24) is 15.5 Å². The largest absolute Gasteiger partial charge is 0.339 e. The van der Waals surface area contributed by atoms with Gasteiger partial charge in [-0.3, -0.25) is 0 Å². The highest BCUT2D eigenvalue weighted by Gasteiger charge is 2.21. The summed E-state index contributed by atoms with van der Waals surface area (Å²) in [6, 6.07) is 2.01. The monoisotopic (exact) mass is 349 g/mol. The van der Waals surface area contributed by atoms with Gasteiger partial charge in [0.25, 0.3) is 0 Å². The summed E-state index contributed by atoms with van der Waals surface area (Å²) < 4.78 is 6.42. The lowest BCUT2D eigenvalue weighted by atomic mass is 10.00. The fourth-order valence-electron chi connectivity index (χ4n) is 1.99. The van der Waals surface area contributed by atoms with E-state index in [0.29, 0.717) is 11.7 Å². The van der Waals surface area contributed by atoms with Gasteiger partial charge in [-0.1, -0.05) is 5.16 Å². The Morgan fingerprint density at radius 3 is 3.06 bits per heavy atom. The van der Waals surface area contributed by atoms with E-state index in [-0.39, 0.29) is 12.4 Å². The molecular weight excluding hydrogens is 338 g/mol. The minimum Gasteiger partial charge on any atom is -0.339 e. The van der Waals surface area contributed by atoms with Crippen LogP contribution in [0.1, 0.15) is 24.7 Å². The molecule has 0 saturated carbocycles. The molecule has 7 heteroatoms. The molecule has 0 aliphatic carbocycles. The zero-order valence-electron chi connectivity index (χ0n) is 9.56. The summed E-state index contributed by atoms with van der Waals surface area (Å²) >= 11 is 5.04. The number of nitrogens with one attached hydrogen (secondary N) is 1. The van der Waals surface area contributed by atoms with Crippen molar-refractivity contribution >= 4 is 39.7 Å². The number of hydrogen-bond donors (Lipinski definition) is 1. The van der Waals surface area contributed by atoms with Gasteiger partial charge in [0.2, 0.25) is 11.7 Å². The predicted molar refractivity (Wildman–Crippen MR) is 77.4 cm³/mol. The number of hydrogen-bond acceptors (Lipinski definition) is 5. The summed E-state index contributed by atoms with van der Waals surface area (Å²) in [4.78, 5) is 5.53. The first-order valence-corrected chi connectivity index (χ1v) is 7.29. The molecule has 1 fully saturated rings. The second-order valence-electron chi connectivity index (χ2n) is 4.13. The first-order valence-electron chi connectivity index (χ1n) is 5.61. The van der Waals surface area contributed by atoms with Crippen LogP contribution in [0.3, 0.4) is 0 Å². The second-order valence-corrected chi connectivity index (χ2v) is 5.96. The van der Waals surface area contributed by atoms with Gasteiger partial charge in [-0.2, -0.15) is 4.98 Å². The van der Waals surface area contributed by atoms with E-state index in [2.05, 4.69) is 31.4 Å². The van der Waals surface area contributed by atoms with Crippen LogP contribution in [-0.2, 0) is 0 Å². The molecule has 2 aromatic rings. The molecule has 0 radical (unpaired) electrons. The summed E-state index contributed by atoms with van der Waals surface area (Å²) in [5, 5.41) is 9.43. The van der Waals surface area contributed by atoms with Gasteiger partial charge in [0, 0.05) is 16.4 Å². The third-order valence-corrected chi connectivity index (χ3v) is 4.56. The summed E-state index contributed by atoms with van der Waals surface area (Å²) in [6.45, 7) is 2.03. The van der Waals surface area contributed by atoms with Gasteiger partial charge >= 0.3 is 0 Å². The Morgan fingerprint density at radius 1 is 1.50 bits per heavy atom. The van der Waals surface area contributed by atoms with Gasteiger partial charge in [-0.15, -0.1) is 23.7 Å². The van der Waals surface area contributed by atoms with Crippen molar-refractivity contribution in [3.05, 3.63) is 21.8 Å². The van der Waals surface area contributed by atoms with Crippen molar-refractivity contribution in [2.75, 3.05) is 13.1 Å². The highest BCUT2D eigenvalue weighted by atomic mass is 79.9. The number of rotatable bonds is 2. The Bertz CT molecular complexity index is 510. The van der Waals surface area contributed by atoms with Crippen LogP contribution >= 0.6 is 39.7 Å². The Labute approximate surface area is 124 Å². The molecule has 3 heterocycles. The van der Waals surface area contributed by atoms with Crippen LogP contribution in [0.4, 0.5) is 0 Å². The molecule has 18 heavy (non-hydrogen) atoms. The van der Waals surface area contributed by atoms with E-state index in [1.165, 1.54) is 6.42 Å². The van der Waals surface area contributed by atoms with Crippen molar-refractivity contribution in [2.24, 2.45) is 0 Å². The molecule has 1 aliphatic heterocycles. The highest BCUT2D eigenvalue weighted by molar-refractivity contribution is 9.10. The van der Waals surface area contributed by atoms with E-state index in [9.17, 15) is 0 Å². The first kappa shape index (κ1) is 14.0. The second kappa shape index (κ2) is 6.14. The Balaban J connectivity index is 0.00000120. The summed E-state index contributed by atoms with van der Waals surface area (Å²) in [6.07, 6.45) is 2.30. The first-order chi connectivity index (χ1) is 8.33. The van der Waals surface area contributed by atoms with Crippen molar-refractivity contribution in [3.63, 3.8) is 0 Å². The molecule has 1 unspecified atom stereocenters. The minimum atomic E-state index is 0. The van der Waals surface area contributed by atoms with Gasteiger partial charge < -0.3 is 9.84 Å². The molecule has 1 saturated heterocycles. The topological polar surface area (TPSA) is 51.0 Å². The van der Waals surface area contributed by atoms with E-state index in [0.717, 1.165) is 34.8 Å². The van der Waals surface area contributed by atoms with Crippen LogP contribution in [0.25, 0.3) is 10.7 Å². The van der Waals surface area contributed by atoms with Gasteiger partial charge in [-0.25, -0.2) is 0 Å². The van der Waals surface area contributed by atoms with Crippen LogP contribution in [0, 0.1) is 0 Å². The van der Waals surface area contributed by atoms with E-state index < -0.39 is 0 Å². The van der Waals surface area contributed by atoms with Crippen LogP contribution in [0.5, 0.6) is 0 Å². The Hall–Kier alpha value is -0.430. The number of thiophene rings is 1. The van der Waals surface area contributed by atoms with Gasteiger partial charge in [0.1, 0.15) is 0 Å². The quantitative estimate of drug-likeness (QED) is 0.901. The zero-order chi connectivity index (χ0) is 11.7.